The summed E-state index contributed by atoms with van der Waals surface area (Å²) >= 11 is 1.42. The summed E-state index contributed by atoms with van der Waals surface area (Å²) in [5.41, 5.74) is 1.17. The van der Waals surface area contributed by atoms with Gasteiger partial charge in [-0.25, -0.2) is 23.3 Å². The number of esters is 2. The Kier molecular flexibility index (Phi) is 5.85. The van der Waals surface area contributed by atoms with Crippen LogP contribution in [0.3, 0.4) is 0 Å². The summed E-state index contributed by atoms with van der Waals surface area (Å²) in [4.78, 5) is 26.0. The van der Waals surface area contributed by atoms with Gasteiger partial charge in [0, 0.05) is 30.0 Å². The van der Waals surface area contributed by atoms with Crippen molar-refractivity contribution in [1.29, 1.82) is 0 Å². The van der Waals surface area contributed by atoms with Crippen LogP contribution < -0.4 is 0 Å². The average Bonchev–Trinajstić information content (AvgIpc) is 2.90. The lowest BCUT2D eigenvalue weighted by Gasteiger charge is -2.50. The fourth-order valence-electron chi connectivity index (χ4n) is 3.94. The molecule has 162 valence electrons. The van der Waals surface area contributed by atoms with Gasteiger partial charge in [0.25, 0.3) is 0 Å². The Hall–Kier alpha value is -2.71. The lowest BCUT2D eigenvalue weighted by atomic mass is 9.85. The maximum absolute atomic E-state index is 15.0. The van der Waals surface area contributed by atoms with Gasteiger partial charge in [0.2, 0.25) is 0 Å². The summed E-state index contributed by atoms with van der Waals surface area (Å²) in [6.07, 6.45) is 2.39. The number of benzene rings is 2. The van der Waals surface area contributed by atoms with Gasteiger partial charge in [0.15, 0.2) is 0 Å². The van der Waals surface area contributed by atoms with Crippen molar-refractivity contribution in [1.82, 2.24) is 4.90 Å². The summed E-state index contributed by atoms with van der Waals surface area (Å²) in [6.45, 7) is 0.332. The topological polar surface area (TPSA) is 55.8 Å². The number of carbonyl (C=O) groups is 2. The van der Waals surface area contributed by atoms with Crippen LogP contribution in [0.15, 0.2) is 60.7 Å². The molecule has 0 N–H and O–H groups in total. The minimum absolute atomic E-state index is 0.0481. The average molecular weight is 445 g/mol. The fraction of sp³-hybridized carbons (Fsp3) is 0.304. The molecular formula is C23H21F2NO4S. The first-order valence-electron chi connectivity index (χ1n) is 9.81. The molecule has 0 aliphatic carbocycles. The van der Waals surface area contributed by atoms with E-state index in [1.807, 2.05) is 30.3 Å². The van der Waals surface area contributed by atoms with Crippen LogP contribution in [0, 0.1) is 11.6 Å². The van der Waals surface area contributed by atoms with Crippen molar-refractivity contribution in [3.8, 4) is 0 Å². The molecular weight excluding hydrogens is 424 g/mol. The standard InChI is InChI=1S/C23H21F2NO4S/c1-26-12-11-22(18-13-17(24)7-8-19(18)25,31-14-16-5-3-2-4-6-16)15-23(26)29-20(27)9-10-21(28)30-23/h2-10,13H,11-12,14-15H2,1H3. The molecule has 2 aliphatic rings. The van der Waals surface area contributed by atoms with E-state index in [0.29, 0.717) is 18.7 Å². The number of likely N-dealkylation sites (tertiary alicyclic amines) is 1. The second kappa shape index (κ2) is 8.43. The molecule has 4 rings (SSSR count). The van der Waals surface area contributed by atoms with Gasteiger partial charge in [0.05, 0.1) is 11.2 Å². The third-order valence-corrected chi connectivity index (χ3v) is 7.19. The Morgan fingerprint density at radius 1 is 1.03 bits per heavy atom. The third-order valence-electron chi connectivity index (χ3n) is 5.59. The number of halogens is 2. The van der Waals surface area contributed by atoms with Crippen molar-refractivity contribution in [3.05, 3.63) is 83.4 Å². The highest BCUT2D eigenvalue weighted by Gasteiger charge is 2.55. The predicted octanol–water partition coefficient (Wildman–Crippen LogP) is 4.13. The smallest absolute Gasteiger partial charge is 0.335 e. The molecule has 1 atom stereocenters. The number of nitrogens with zero attached hydrogens (tertiary/aromatic N) is 1. The van der Waals surface area contributed by atoms with Crippen LogP contribution in [0.4, 0.5) is 8.78 Å². The van der Waals surface area contributed by atoms with E-state index in [0.717, 1.165) is 29.8 Å². The largest absolute Gasteiger partial charge is 0.405 e. The zero-order chi connectivity index (χ0) is 22.1. The lowest BCUT2D eigenvalue weighted by molar-refractivity contribution is -0.292. The van der Waals surface area contributed by atoms with Gasteiger partial charge in [-0.15, -0.1) is 11.8 Å². The summed E-state index contributed by atoms with van der Waals surface area (Å²) < 4.78 is 39.3. The van der Waals surface area contributed by atoms with Gasteiger partial charge < -0.3 is 9.47 Å². The number of rotatable bonds is 4. The van der Waals surface area contributed by atoms with Gasteiger partial charge in [0.1, 0.15) is 11.6 Å². The molecule has 1 fully saturated rings. The lowest BCUT2D eigenvalue weighted by Crippen LogP contribution is -2.60. The molecule has 0 amide bonds. The van der Waals surface area contributed by atoms with Crippen molar-refractivity contribution in [2.75, 3.05) is 13.6 Å². The van der Waals surface area contributed by atoms with Gasteiger partial charge in [-0.2, -0.15) is 0 Å². The first-order chi connectivity index (χ1) is 14.8. The van der Waals surface area contributed by atoms with Crippen LogP contribution in [-0.2, 0) is 29.6 Å². The molecule has 2 aliphatic heterocycles. The second-order valence-electron chi connectivity index (χ2n) is 7.63. The van der Waals surface area contributed by atoms with Crippen molar-refractivity contribution in [3.63, 3.8) is 0 Å². The molecule has 8 heteroatoms. The van der Waals surface area contributed by atoms with E-state index in [9.17, 15) is 18.4 Å². The molecule has 1 spiro atoms. The highest BCUT2D eigenvalue weighted by molar-refractivity contribution is 7.99. The van der Waals surface area contributed by atoms with Gasteiger partial charge in [-0.3, -0.25) is 0 Å². The Labute approximate surface area is 183 Å². The van der Waals surface area contributed by atoms with Crippen LogP contribution in [0.25, 0.3) is 0 Å². The minimum Gasteiger partial charge on any atom is -0.405 e. The predicted molar refractivity (Wildman–Crippen MR) is 112 cm³/mol. The Morgan fingerprint density at radius 2 is 1.71 bits per heavy atom. The highest BCUT2D eigenvalue weighted by atomic mass is 32.2. The first kappa shape index (κ1) is 21.5. The number of piperidine rings is 1. The maximum Gasteiger partial charge on any atom is 0.335 e. The molecule has 0 bridgehead atoms. The number of hydrogen-bond donors (Lipinski definition) is 0. The summed E-state index contributed by atoms with van der Waals surface area (Å²) in [7, 11) is 1.67. The molecule has 0 saturated carbocycles. The molecule has 2 aromatic rings. The van der Waals surface area contributed by atoms with E-state index in [1.165, 1.54) is 17.8 Å². The molecule has 31 heavy (non-hydrogen) atoms. The van der Waals surface area contributed by atoms with Crippen LogP contribution in [0.5, 0.6) is 0 Å². The zero-order valence-corrected chi connectivity index (χ0v) is 17.7. The van der Waals surface area contributed by atoms with E-state index in [-0.39, 0.29) is 12.0 Å². The second-order valence-corrected chi connectivity index (χ2v) is 8.99. The molecule has 2 aromatic carbocycles. The minimum atomic E-state index is -1.72. The Morgan fingerprint density at radius 3 is 2.39 bits per heavy atom. The molecule has 5 nitrogen and oxygen atoms in total. The molecule has 1 saturated heterocycles. The molecule has 1 unspecified atom stereocenters. The number of ether oxygens (including phenoxy) is 2. The quantitative estimate of drug-likeness (QED) is 0.660. The van der Waals surface area contributed by atoms with E-state index in [2.05, 4.69) is 0 Å². The molecule has 2 heterocycles. The highest BCUT2D eigenvalue weighted by Crippen LogP contribution is 2.52. The molecule has 0 aromatic heterocycles. The van der Waals surface area contributed by atoms with Gasteiger partial charge in [-0.1, -0.05) is 30.3 Å². The normalized spacial score (nSPS) is 23.3. The number of hydrogen-bond acceptors (Lipinski definition) is 6. The van der Waals surface area contributed by atoms with Crippen molar-refractivity contribution in [2.45, 2.75) is 29.3 Å². The number of carbonyl (C=O) groups excluding carboxylic acids is 2. The first-order valence-corrected chi connectivity index (χ1v) is 10.8. The van der Waals surface area contributed by atoms with E-state index in [4.69, 9.17) is 9.47 Å². The monoisotopic (exact) mass is 445 g/mol. The van der Waals surface area contributed by atoms with Crippen LogP contribution in [-0.4, -0.2) is 36.3 Å². The van der Waals surface area contributed by atoms with Gasteiger partial charge in [-0.05, 0) is 37.2 Å². The summed E-state index contributed by atoms with van der Waals surface area (Å²) in [5, 5.41) is 0. The molecule has 0 radical (unpaired) electrons. The van der Waals surface area contributed by atoms with Crippen molar-refractivity contribution in [2.24, 2.45) is 0 Å². The van der Waals surface area contributed by atoms with E-state index < -0.39 is 34.2 Å². The summed E-state index contributed by atoms with van der Waals surface area (Å²) in [5.74, 6) is -3.82. The Balaban J connectivity index is 1.77. The zero-order valence-electron chi connectivity index (χ0n) is 16.8. The van der Waals surface area contributed by atoms with Crippen LogP contribution in [0.2, 0.25) is 0 Å². The van der Waals surface area contributed by atoms with Crippen molar-refractivity contribution < 1.29 is 27.8 Å². The third kappa shape index (κ3) is 4.36. The van der Waals surface area contributed by atoms with Gasteiger partial charge >= 0.3 is 17.8 Å². The summed E-state index contributed by atoms with van der Waals surface area (Å²) in [6, 6.07) is 12.9. The van der Waals surface area contributed by atoms with E-state index >= 15 is 0 Å². The maximum atomic E-state index is 15.0. The Bertz CT molecular complexity index is 1010. The fourth-order valence-corrected chi connectivity index (χ4v) is 5.41. The van der Waals surface area contributed by atoms with Crippen LogP contribution in [0.1, 0.15) is 24.0 Å². The van der Waals surface area contributed by atoms with Crippen LogP contribution >= 0.6 is 11.8 Å². The van der Waals surface area contributed by atoms with E-state index in [1.54, 1.807) is 11.9 Å². The SMILES string of the molecule is CN1CCC(SCc2ccccc2)(c2cc(F)ccc2F)CC12OC(=O)C=CC(=O)O2. The number of thioether (sulfide) groups is 1. The van der Waals surface area contributed by atoms with Crippen molar-refractivity contribution >= 4 is 23.7 Å².